The summed E-state index contributed by atoms with van der Waals surface area (Å²) in [6, 6.07) is 1.94. The van der Waals surface area contributed by atoms with Crippen LogP contribution in [0.15, 0.2) is 12.3 Å². The van der Waals surface area contributed by atoms with E-state index in [0.29, 0.717) is 11.2 Å². The Hall–Kier alpha value is -2.28. The molecule has 0 aliphatic heterocycles. The lowest BCUT2D eigenvalue weighted by Gasteiger charge is -2.05. The first-order chi connectivity index (χ1) is 9.49. The Morgan fingerprint density at radius 2 is 2.10 bits per heavy atom. The van der Waals surface area contributed by atoms with E-state index in [1.807, 2.05) is 26.8 Å². The second-order valence-corrected chi connectivity index (χ2v) is 5.62. The van der Waals surface area contributed by atoms with Crippen LogP contribution in [0.2, 0.25) is 0 Å². The maximum atomic E-state index is 11.4. The van der Waals surface area contributed by atoms with Gasteiger partial charge in [-0.1, -0.05) is 0 Å². The number of hydrogen-bond donors (Lipinski definition) is 1. The van der Waals surface area contributed by atoms with Crippen LogP contribution in [0.4, 0.5) is 0 Å². The van der Waals surface area contributed by atoms with Crippen molar-refractivity contribution in [3.8, 4) is 11.3 Å². The maximum absolute atomic E-state index is 11.4. The number of amides is 1. The van der Waals surface area contributed by atoms with Gasteiger partial charge in [0.1, 0.15) is 5.56 Å². The Bertz CT molecular complexity index is 813. The summed E-state index contributed by atoms with van der Waals surface area (Å²) in [5, 5.41) is 4.15. The van der Waals surface area contributed by atoms with E-state index in [1.54, 1.807) is 4.52 Å². The van der Waals surface area contributed by atoms with Gasteiger partial charge in [-0.05, 0) is 38.4 Å². The largest absolute Gasteiger partial charge is 0.365 e. The first-order valence-electron chi connectivity index (χ1n) is 6.07. The zero-order valence-electron chi connectivity index (χ0n) is 11.3. The van der Waals surface area contributed by atoms with Crippen LogP contribution < -0.4 is 5.73 Å². The Morgan fingerprint density at radius 3 is 2.70 bits per heavy atom. The lowest BCUT2D eigenvalue weighted by molar-refractivity contribution is 0.100. The molecule has 0 aliphatic carbocycles. The summed E-state index contributed by atoms with van der Waals surface area (Å²) in [6.45, 7) is 5.87. The van der Waals surface area contributed by atoms with Crippen molar-refractivity contribution in [2.45, 2.75) is 20.8 Å². The van der Waals surface area contributed by atoms with Gasteiger partial charge in [-0.25, -0.2) is 9.50 Å². The van der Waals surface area contributed by atoms with Crippen molar-refractivity contribution in [3.63, 3.8) is 0 Å². The van der Waals surface area contributed by atoms with Gasteiger partial charge in [0.25, 0.3) is 5.91 Å². The SMILES string of the molecule is Cc1nsc(C)c1-c1cc(C)n2ncc(C(N)=O)c2n1. The van der Waals surface area contributed by atoms with E-state index in [0.717, 1.165) is 27.5 Å². The molecule has 0 saturated carbocycles. The highest BCUT2D eigenvalue weighted by Gasteiger charge is 2.17. The second-order valence-electron chi connectivity index (χ2n) is 4.64. The molecule has 0 bridgehead atoms. The lowest BCUT2D eigenvalue weighted by Crippen LogP contribution is -2.11. The predicted octanol–water partition coefficient (Wildman–Crippen LogP) is 1.88. The van der Waals surface area contributed by atoms with Gasteiger partial charge in [-0.15, -0.1) is 0 Å². The molecule has 0 radical (unpaired) electrons. The predicted molar refractivity (Wildman–Crippen MR) is 76.8 cm³/mol. The molecule has 7 heteroatoms. The molecule has 3 aromatic heterocycles. The van der Waals surface area contributed by atoms with Crippen molar-refractivity contribution < 1.29 is 4.79 Å². The van der Waals surface area contributed by atoms with E-state index in [4.69, 9.17) is 5.73 Å². The zero-order chi connectivity index (χ0) is 14.4. The van der Waals surface area contributed by atoms with Crippen molar-refractivity contribution in [3.05, 3.63) is 34.1 Å². The van der Waals surface area contributed by atoms with E-state index in [9.17, 15) is 4.79 Å². The molecule has 0 aromatic carbocycles. The van der Waals surface area contributed by atoms with E-state index < -0.39 is 5.91 Å². The van der Waals surface area contributed by atoms with E-state index in [2.05, 4.69) is 14.5 Å². The average Bonchev–Trinajstić information content (AvgIpc) is 2.93. The molecule has 6 nitrogen and oxygen atoms in total. The van der Waals surface area contributed by atoms with Gasteiger partial charge in [0.05, 0.1) is 17.6 Å². The summed E-state index contributed by atoms with van der Waals surface area (Å²) in [5.74, 6) is -0.527. The molecule has 3 aromatic rings. The molecule has 20 heavy (non-hydrogen) atoms. The van der Waals surface area contributed by atoms with Crippen LogP contribution in [0.25, 0.3) is 16.9 Å². The van der Waals surface area contributed by atoms with Gasteiger partial charge in [0.2, 0.25) is 0 Å². The number of carbonyl (C=O) groups is 1. The molecule has 1 amide bonds. The van der Waals surface area contributed by atoms with Crippen molar-refractivity contribution in [1.29, 1.82) is 0 Å². The zero-order valence-corrected chi connectivity index (χ0v) is 12.2. The third-order valence-corrected chi connectivity index (χ3v) is 4.05. The number of nitrogens with zero attached hydrogens (tertiary/aromatic N) is 4. The molecule has 0 spiro atoms. The third kappa shape index (κ3) is 1.78. The molecule has 0 aliphatic rings. The van der Waals surface area contributed by atoms with Gasteiger partial charge in [0.15, 0.2) is 5.65 Å². The van der Waals surface area contributed by atoms with Crippen LogP contribution in [-0.4, -0.2) is 24.9 Å². The minimum absolute atomic E-state index is 0.327. The Balaban J connectivity index is 2.33. The molecule has 0 unspecified atom stereocenters. The number of hydrogen-bond acceptors (Lipinski definition) is 5. The van der Waals surface area contributed by atoms with Crippen LogP contribution in [0, 0.1) is 20.8 Å². The number of fused-ring (bicyclic) bond motifs is 1. The smallest absolute Gasteiger partial charge is 0.254 e. The number of aryl methyl sites for hydroxylation is 3. The van der Waals surface area contributed by atoms with E-state index >= 15 is 0 Å². The van der Waals surface area contributed by atoms with Gasteiger partial charge < -0.3 is 5.73 Å². The molecule has 3 heterocycles. The monoisotopic (exact) mass is 287 g/mol. The Kier molecular flexibility index (Phi) is 2.79. The molecule has 0 fully saturated rings. The summed E-state index contributed by atoms with van der Waals surface area (Å²) in [6.07, 6.45) is 1.45. The highest BCUT2D eigenvalue weighted by molar-refractivity contribution is 7.06. The molecule has 3 rings (SSSR count). The summed E-state index contributed by atoms with van der Waals surface area (Å²) in [4.78, 5) is 17.1. The first-order valence-corrected chi connectivity index (χ1v) is 6.85. The summed E-state index contributed by atoms with van der Waals surface area (Å²) >= 11 is 1.45. The normalized spacial score (nSPS) is 11.2. The van der Waals surface area contributed by atoms with Gasteiger partial charge in [-0.3, -0.25) is 4.79 Å². The molecule has 102 valence electrons. The number of aromatic nitrogens is 4. The van der Waals surface area contributed by atoms with Crippen LogP contribution in [0.3, 0.4) is 0 Å². The maximum Gasteiger partial charge on any atom is 0.254 e. The quantitative estimate of drug-likeness (QED) is 0.779. The standard InChI is InChI=1S/C13H13N5OS/c1-6-4-10(11-7(2)17-20-8(11)3)16-13-9(12(14)19)5-15-18(6)13/h4-5H,1-3H3,(H2,14,19). The third-order valence-electron chi connectivity index (χ3n) is 3.20. The fourth-order valence-corrected chi connectivity index (χ4v) is 2.97. The van der Waals surface area contributed by atoms with Gasteiger partial charge in [-0.2, -0.15) is 9.47 Å². The Morgan fingerprint density at radius 1 is 1.35 bits per heavy atom. The summed E-state index contributed by atoms with van der Waals surface area (Å²) < 4.78 is 5.95. The fourth-order valence-electron chi connectivity index (χ4n) is 2.26. The van der Waals surface area contributed by atoms with Crippen LogP contribution >= 0.6 is 11.5 Å². The highest BCUT2D eigenvalue weighted by Crippen LogP contribution is 2.29. The van der Waals surface area contributed by atoms with E-state index in [1.165, 1.54) is 17.7 Å². The summed E-state index contributed by atoms with van der Waals surface area (Å²) in [5.41, 5.74) is 9.80. The van der Waals surface area contributed by atoms with Crippen molar-refractivity contribution in [1.82, 2.24) is 19.0 Å². The number of rotatable bonds is 2. The first kappa shape index (κ1) is 12.7. The summed E-state index contributed by atoms with van der Waals surface area (Å²) in [7, 11) is 0. The van der Waals surface area contributed by atoms with Gasteiger partial charge >= 0.3 is 0 Å². The highest BCUT2D eigenvalue weighted by atomic mass is 32.1. The van der Waals surface area contributed by atoms with Crippen LogP contribution in [0.1, 0.15) is 26.6 Å². The number of nitrogens with two attached hydrogens (primary N) is 1. The topological polar surface area (TPSA) is 86.2 Å². The fraction of sp³-hybridized carbons (Fsp3) is 0.231. The van der Waals surface area contributed by atoms with Crippen molar-refractivity contribution >= 4 is 23.1 Å². The van der Waals surface area contributed by atoms with Crippen molar-refractivity contribution in [2.75, 3.05) is 0 Å². The second kappa shape index (κ2) is 4.38. The van der Waals surface area contributed by atoms with Crippen LogP contribution in [-0.2, 0) is 0 Å². The van der Waals surface area contributed by atoms with Crippen molar-refractivity contribution in [2.24, 2.45) is 5.73 Å². The number of carbonyl (C=O) groups excluding carboxylic acids is 1. The lowest BCUT2D eigenvalue weighted by atomic mass is 10.1. The molecule has 0 saturated heterocycles. The minimum atomic E-state index is -0.527. The van der Waals surface area contributed by atoms with E-state index in [-0.39, 0.29) is 0 Å². The number of primary amides is 1. The molecular formula is C13H13N5OS. The van der Waals surface area contributed by atoms with Crippen LogP contribution in [0.5, 0.6) is 0 Å². The molecule has 2 N–H and O–H groups in total. The minimum Gasteiger partial charge on any atom is -0.365 e. The average molecular weight is 287 g/mol. The molecule has 0 atom stereocenters. The molecular weight excluding hydrogens is 274 g/mol. The Labute approximate surface area is 119 Å². The van der Waals surface area contributed by atoms with Gasteiger partial charge in [0, 0.05) is 16.1 Å².